The lowest BCUT2D eigenvalue weighted by Crippen LogP contribution is -2.15. The van der Waals surface area contributed by atoms with Crippen molar-refractivity contribution in [2.75, 3.05) is 16.4 Å². The second kappa shape index (κ2) is 7.56. The van der Waals surface area contributed by atoms with Crippen LogP contribution in [0.1, 0.15) is 29.3 Å². The van der Waals surface area contributed by atoms with Crippen molar-refractivity contribution < 1.29 is 19.1 Å². The molecule has 0 aliphatic rings. The number of benzene rings is 2. The monoisotopic (exact) mass is 331 g/mol. The number of aliphatic hydroxyl groups excluding tert-OH is 1. The van der Waals surface area contributed by atoms with E-state index in [-0.39, 0.29) is 35.9 Å². The highest BCUT2D eigenvalue weighted by Crippen LogP contribution is 2.21. The Balaban J connectivity index is 2.23. The molecule has 0 saturated heterocycles. The van der Waals surface area contributed by atoms with Gasteiger partial charge in [0.25, 0.3) is 5.91 Å². The minimum absolute atomic E-state index is 0.00939. The zero-order valence-electron chi connectivity index (χ0n) is 13.1. The Morgan fingerprint density at radius 1 is 1.17 bits per heavy atom. The largest absolute Gasteiger partial charge is 0.396 e. The quantitative estimate of drug-likeness (QED) is 0.632. The van der Waals surface area contributed by atoms with Crippen LogP contribution in [0.2, 0.25) is 0 Å². The Hall–Kier alpha value is -2.93. The normalized spacial score (nSPS) is 10.3. The smallest absolute Gasteiger partial charge is 0.255 e. The van der Waals surface area contributed by atoms with Crippen LogP contribution in [0.3, 0.4) is 0 Å². The average Bonchev–Trinajstić information content (AvgIpc) is 2.58. The van der Waals surface area contributed by atoms with E-state index in [9.17, 15) is 19.1 Å². The third kappa shape index (κ3) is 4.08. The zero-order valence-corrected chi connectivity index (χ0v) is 13.1. The first-order chi connectivity index (χ1) is 11.4. The Morgan fingerprint density at radius 2 is 1.92 bits per heavy atom. The number of nitrogen functional groups attached to an aromatic ring is 1. The number of rotatable bonds is 5. The number of aliphatic hydroxyl groups is 1. The van der Waals surface area contributed by atoms with Gasteiger partial charge in [-0.2, -0.15) is 0 Å². The summed E-state index contributed by atoms with van der Waals surface area (Å²) in [5.41, 5.74) is 6.76. The fourth-order valence-electron chi connectivity index (χ4n) is 2.02. The van der Waals surface area contributed by atoms with Gasteiger partial charge >= 0.3 is 0 Å². The first-order valence-electron chi connectivity index (χ1n) is 7.34. The van der Waals surface area contributed by atoms with Crippen molar-refractivity contribution in [1.82, 2.24) is 0 Å². The molecule has 0 fully saturated rings. The van der Waals surface area contributed by atoms with Crippen LogP contribution >= 0.6 is 0 Å². The first-order valence-corrected chi connectivity index (χ1v) is 7.34. The van der Waals surface area contributed by atoms with Gasteiger partial charge in [-0.1, -0.05) is 13.0 Å². The van der Waals surface area contributed by atoms with Crippen molar-refractivity contribution in [1.29, 1.82) is 0 Å². The second-order valence-corrected chi connectivity index (χ2v) is 5.12. The molecule has 0 aliphatic carbocycles. The molecule has 2 aromatic rings. The van der Waals surface area contributed by atoms with E-state index >= 15 is 0 Å². The van der Waals surface area contributed by atoms with Gasteiger partial charge in [-0.25, -0.2) is 4.39 Å². The Morgan fingerprint density at radius 3 is 2.54 bits per heavy atom. The van der Waals surface area contributed by atoms with E-state index in [0.717, 1.165) is 6.07 Å². The molecule has 7 heteroatoms. The van der Waals surface area contributed by atoms with Gasteiger partial charge in [-0.3, -0.25) is 9.59 Å². The molecule has 6 nitrogen and oxygen atoms in total. The lowest BCUT2D eigenvalue weighted by molar-refractivity contribution is -0.115. The fraction of sp³-hybridized carbons (Fsp3) is 0.176. The summed E-state index contributed by atoms with van der Waals surface area (Å²) in [7, 11) is 0. The van der Waals surface area contributed by atoms with Crippen LogP contribution in [-0.2, 0) is 11.4 Å². The molecule has 0 aromatic heterocycles. The van der Waals surface area contributed by atoms with Gasteiger partial charge < -0.3 is 21.5 Å². The fourth-order valence-corrected chi connectivity index (χ4v) is 2.02. The lowest BCUT2D eigenvalue weighted by Gasteiger charge is -2.12. The number of halogens is 1. The third-order valence-corrected chi connectivity index (χ3v) is 3.40. The maximum absolute atomic E-state index is 13.4. The molecule has 0 heterocycles. The molecule has 0 aliphatic heterocycles. The third-order valence-electron chi connectivity index (χ3n) is 3.40. The Kier molecular flexibility index (Phi) is 5.49. The van der Waals surface area contributed by atoms with Crippen LogP contribution in [0.5, 0.6) is 0 Å². The molecule has 0 atom stereocenters. The van der Waals surface area contributed by atoms with E-state index in [4.69, 9.17) is 5.73 Å². The van der Waals surface area contributed by atoms with Gasteiger partial charge in [0, 0.05) is 28.9 Å². The highest BCUT2D eigenvalue weighted by Gasteiger charge is 2.12. The molecule has 0 radical (unpaired) electrons. The maximum Gasteiger partial charge on any atom is 0.255 e. The molecule has 24 heavy (non-hydrogen) atoms. The van der Waals surface area contributed by atoms with Crippen molar-refractivity contribution >= 4 is 28.9 Å². The summed E-state index contributed by atoms with van der Waals surface area (Å²) in [5.74, 6) is -1.34. The van der Waals surface area contributed by atoms with E-state index in [0.29, 0.717) is 11.3 Å². The standard InChI is InChI=1S/C17H18FN3O3/c1-2-16(23)21-15-7-10(3-4-11(15)9-22)17(24)20-12-5-6-14(19)13(18)8-12/h3-8,22H,2,9,19H2,1H3,(H,20,24)(H,21,23). The number of hydrogen-bond acceptors (Lipinski definition) is 4. The van der Waals surface area contributed by atoms with Gasteiger partial charge in [0.2, 0.25) is 5.91 Å². The van der Waals surface area contributed by atoms with Crippen LogP contribution in [0, 0.1) is 5.82 Å². The number of hydrogen-bond donors (Lipinski definition) is 4. The van der Waals surface area contributed by atoms with Crippen LogP contribution in [-0.4, -0.2) is 16.9 Å². The molecule has 2 aromatic carbocycles. The molecule has 2 amide bonds. The highest BCUT2D eigenvalue weighted by atomic mass is 19.1. The number of carbonyl (C=O) groups excluding carboxylic acids is 2. The highest BCUT2D eigenvalue weighted by molar-refractivity contribution is 6.05. The number of nitrogens with two attached hydrogens (primary N) is 1. The number of amides is 2. The summed E-state index contributed by atoms with van der Waals surface area (Å²) >= 11 is 0. The van der Waals surface area contributed by atoms with Crippen molar-refractivity contribution in [3.8, 4) is 0 Å². The Bertz CT molecular complexity index is 778. The van der Waals surface area contributed by atoms with Gasteiger partial charge in [0.05, 0.1) is 12.3 Å². The molecule has 0 saturated carbocycles. The topological polar surface area (TPSA) is 104 Å². The van der Waals surface area contributed by atoms with E-state index in [2.05, 4.69) is 10.6 Å². The van der Waals surface area contributed by atoms with Gasteiger partial charge in [-0.05, 0) is 30.3 Å². The first kappa shape index (κ1) is 17.4. The predicted molar refractivity (Wildman–Crippen MR) is 90.1 cm³/mol. The van der Waals surface area contributed by atoms with E-state index in [1.54, 1.807) is 13.0 Å². The molecule has 0 bridgehead atoms. The molecule has 2 rings (SSSR count). The average molecular weight is 331 g/mol. The van der Waals surface area contributed by atoms with Gasteiger partial charge in [-0.15, -0.1) is 0 Å². The molecular formula is C17H18FN3O3. The summed E-state index contributed by atoms with van der Waals surface area (Å²) in [6.07, 6.45) is 0.270. The molecule has 126 valence electrons. The molecular weight excluding hydrogens is 313 g/mol. The van der Waals surface area contributed by atoms with Crippen molar-refractivity contribution in [3.63, 3.8) is 0 Å². The summed E-state index contributed by atoms with van der Waals surface area (Å²) in [6, 6.07) is 8.47. The Labute approximate surface area is 138 Å². The summed E-state index contributed by atoms with van der Waals surface area (Å²) < 4.78 is 13.4. The van der Waals surface area contributed by atoms with Crippen molar-refractivity contribution in [2.45, 2.75) is 20.0 Å². The molecule has 0 spiro atoms. The number of carbonyl (C=O) groups is 2. The molecule has 5 N–H and O–H groups in total. The number of nitrogens with one attached hydrogen (secondary N) is 2. The minimum atomic E-state index is -0.626. The summed E-state index contributed by atoms with van der Waals surface area (Å²) in [5, 5.41) is 14.5. The van der Waals surface area contributed by atoms with Crippen LogP contribution < -0.4 is 16.4 Å². The maximum atomic E-state index is 13.4. The lowest BCUT2D eigenvalue weighted by atomic mass is 10.1. The zero-order chi connectivity index (χ0) is 17.7. The van der Waals surface area contributed by atoms with Crippen LogP contribution in [0.4, 0.5) is 21.5 Å². The van der Waals surface area contributed by atoms with E-state index < -0.39 is 11.7 Å². The van der Waals surface area contributed by atoms with Gasteiger partial charge in [0.1, 0.15) is 5.82 Å². The SMILES string of the molecule is CCC(=O)Nc1cc(C(=O)Nc2ccc(N)c(F)c2)ccc1CO. The van der Waals surface area contributed by atoms with Crippen molar-refractivity contribution in [2.24, 2.45) is 0 Å². The van der Waals surface area contributed by atoms with Crippen LogP contribution in [0.25, 0.3) is 0 Å². The van der Waals surface area contributed by atoms with E-state index in [1.165, 1.54) is 24.3 Å². The molecule has 0 unspecified atom stereocenters. The second-order valence-electron chi connectivity index (χ2n) is 5.12. The van der Waals surface area contributed by atoms with E-state index in [1.807, 2.05) is 0 Å². The van der Waals surface area contributed by atoms with Crippen molar-refractivity contribution in [3.05, 3.63) is 53.3 Å². The summed E-state index contributed by atoms with van der Waals surface area (Å²) in [4.78, 5) is 23.8. The predicted octanol–water partition coefficient (Wildman–Crippen LogP) is 2.50. The minimum Gasteiger partial charge on any atom is -0.396 e. The van der Waals surface area contributed by atoms with Crippen LogP contribution in [0.15, 0.2) is 36.4 Å². The number of anilines is 3. The summed E-state index contributed by atoms with van der Waals surface area (Å²) in [6.45, 7) is 1.42. The van der Waals surface area contributed by atoms with Gasteiger partial charge in [0.15, 0.2) is 0 Å².